The Morgan fingerprint density at radius 1 is 0.738 bits per heavy atom. The summed E-state index contributed by atoms with van der Waals surface area (Å²) in [6, 6.07) is 23.7. The first kappa shape index (κ1) is 31.9. The second-order valence-corrected chi connectivity index (χ2v) is 9.53. The number of unbranched alkanes of at least 4 members (excludes halogenated alkanes) is 2. The van der Waals surface area contributed by atoms with Crippen molar-refractivity contribution in [1.82, 2.24) is 0 Å². The Labute approximate surface area is 247 Å². The highest BCUT2D eigenvalue weighted by Crippen LogP contribution is 2.27. The van der Waals surface area contributed by atoms with Crippen LogP contribution in [0.3, 0.4) is 0 Å². The van der Waals surface area contributed by atoms with E-state index in [4.69, 9.17) is 18.9 Å². The van der Waals surface area contributed by atoms with Crippen molar-refractivity contribution in [2.45, 2.75) is 52.4 Å². The Balaban J connectivity index is 1.63. The van der Waals surface area contributed by atoms with Crippen molar-refractivity contribution < 1.29 is 33.3 Å². The van der Waals surface area contributed by atoms with E-state index in [-0.39, 0.29) is 30.6 Å². The number of esters is 2. The highest BCUT2D eigenvalue weighted by Gasteiger charge is 2.19. The van der Waals surface area contributed by atoms with Gasteiger partial charge in [-0.1, -0.05) is 69.2 Å². The molecule has 0 atom stereocenters. The van der Waals surface area contributed by atoms with E-state index in [1.54, 1.807) is 48.5 Å². The standard InChI is InChI=1S/C34H39NO7/c1-3-5-22-40-32(36)25-31(34(38)41-23-6-4-2)42-30-17-11-10-16-29(30)35-33(37)27-18-20-28(21-19-27)39-24-12-15-26-13-8-7-9-14-26/h7-11,13-14,16-21,25H,3-6,12,15,22-24H2,1-2H3,(H,35,37)/b31-25+. The zero-order valence-corrected chi connectivity index (χ0v) is 24.3. The lowest BCUT2D eigenvalue weighted by Crippen LogP contribution is -2.18. The van der Waals surface area contributed by atoms with Crippen LogP contribution >= 0.6 is 0 Å². The third-order valence-corrected chi connectivity index (χ3v) is 6.12. The monoisotopic (exact) mass is 573 g/mol. The molecule has 0 aliphatic rings. The molecule has 0 aliphatic carbocycles. The van der Waals surface area contributed by atoms with Gasteiger partial charge in [0.2, 0.25) is 5.76 Å². The Morgan fingerprint density at radius 2 is 1.40 bits per heavy atom. The van der Waals surface area contributed by atoms with Gasteiger partial charge in [0, 0.05) is 5.56 Å². The number of benzene rings is 3. The molecule has 0 bridgehead atoms. The normalized spacial score (nSPS) is 11.0. The molecule has 3 aromatic rings. The summed E-state index contributed by atoms with van der Waals surface area (Å²) in [5.74, 6) is -1.37. The highest BCUT2D eigenvalue weighted by atomic mass is 16.6. The summed E-state index contributed by atoms with van der Waals surface area (Å²) in [5, 5.41) is 2.81. The molecule has 0 radical (unpaired) electrons. The lowest BCUT2D eigenvalue weighted by Gasteiger charge is -2.14. The van der Waals surface area contributed by atoms with Crippen LogP contribution in [-0.4, -0.2) is 37.7 Å². The number of para-hydroxylation sites is 2. The second kappa shape index (κ2) is 18.0. The first-order valence-electron chi connectivity index (χ1n) is 14.4. The van der Waals surface area contributed by atoms with Crippen LogP contribution < -0.4 is 14.8 Å². The summed E-state index contributed by atoms with van der Waals surface area (Å²) in [6.45, 7) is 4.93. The second-order valence-electron chi connectivity index (χ2n) is 9.53. The minimum Gasteiger partial charge on any atom is -0.494 e. The quantitative estimate of drug-likeness (QED) is 0.0811. The van der Waals surface area contributed by atoms with E-state index in [1.807, 2.05) is 32.0 Å². The molecule has 222 valence electrons. The summed E-state index contributed by atoms with van der Waals surface area (Å²) >= 11 is 0. The van der Waals surface area contributed by atoms with E-state index in [0.29, 0.717) is 36.4 Å². The molecule has 0 unspecified atom stereocenters. The van der Waals surface area contributed by atoms with Gasteiger partial charge in [0.25, 0.3) is 5.91 Å². The van der Waals surface area contributed by atoms with Crippen LogP contribution in [0.25, 0.3) is 0 Å². The van der Waals surface area contributed by atoms with Crippen LogP contribution in [0.5, 0.6) is 11.5 Å². The fourth-order valence-electron chi connectivity index (χ4n) is 3.76. The lowest BCUT2D eigenvalue weighted by molar-refractivity contribution is -0.143. The number of amides is 1. The minimum atomic E-state index is -0.795. The zero-order valence-electron chi connectivity index (χ0n) is 24.3. The van der Waals surface area contributed by atoms with Crippen LogP contribution in [0, 0.1) is 0 Å². The van der Waals surface area contributed by atoms with Gasteiger partial charge in [0.1, 0.15) is 5.75 Å². The maximum Gasteiger partial charge on any atom is 0.374 e. The first-order chi connectivity index (χ1) is 20.5. The highest BCUT2D eigenvalue weighted by molar-refractivity contribution is 6.05. The van der Waals surface area contributed by atoms with Crippen LogP contribution in [0.2, 0.25) is 0 Å². The van der Waals surface area contributed by atoms with Crippen molar-refractivity contribution in [3.05, 3.63) is 102 Å². The molecule has 0 aliphatic heterocycles. The molecular weight excluding hydrogens is 534 g/mol. The fourth-order valence-corrected chi connectivity index (χ4v) is 3.76. The molecule has 1 N–H and O–H groups in total. The van der Waals surface area contributed by atoms with E-state index < -0.39 is 11.9 Å². The number of carbonyl (C=O) groups is 3. The summed E-state index contributed by atoms with van der Waals surface area (Å²) in [5.41, 5.74) is 1.99. The van der Waals surface area contributed by atoms with Gasteiger partial charge in [-0.3, -0.25) is 4.79 Å². The molecule has 42 heavy (non-hydrogen) atoms. The molecule has 3 aromatic carbocycles. The van der Waals surface area contributed by atoms with E-state index >= 15 is 0 Å². The van der Waals surface area contributed by atoms with Gasteiger partial charge < -0.3 is 24.3 Å². The lowest BCUT2D eigenvalue weighted by atomic mass is 10.1. The number of aryl methyl sites for hydroxylation is 1. The minimum absolute atomic E-state index is 0.171. The first-order valence-corrected chi connectivity index (χ1v) is 14.4. The van der Waals surface area contributed by atoms with E-state index in [0.717, 1.165) is 31.8 Å². The molecule has 0 fully saturated rings. The van der Waals surface area contributed by atoms with Gasteiger partial charge in [0.15, 0.2) is 5.75 Å². The van der Waals surface area contributed by atoms with Gasteiger partial charge in [0.05, 0.1) is 31.6 Å². The molecule has 0 saturated heterocycles. The van der Waals surface area contributed by atoms with Crippen LogP contribution in [0.15, 0.2) is 90.7 Å². The predicted molar refractivity (Wildman–Crippen MR) is 162 cm³/mol. The largest absolute Gasteiger partial charge is 0.494 e. The van der Waals surface area contributed by atoms with Gasteiger partial charge >= 0.3 is 11.9 Å². The Hall–Kier alpha value is -4.59. The molecular formula is C34H39NO7. The van der Waals surface area contributed by atoms with Gasteiger partial charge in [-0.25, -0.2) is 9.59 Å². The summed E-state index contributed by atoms with van der Waals surface area (Å²) in [4.78, 5) is 38.1. The molecule has 0 saturated carbocycles. The predicted octanol–water partition coefficient (Wildman–Crippen LogP) is 6.90. The zero-order chi connectivity index (χ0) is 30.0. The average molecular weight is 574 g/mol. The number of anilines is 1. The number of hydrogen-bond acceptors (Lipinski definition) is 7. The molecule has 0 spiro atoms. The topological polar surface area (TPSA) is 100 Å². The molecule has 0 aromatic heterocycles. The summed E-state index contributed by atoms with van der Waals surface area (Å²) < 4.78 is 22.1. The van der Waals surface area contributed by atoms with E-state index in [1.165, 1.54) is 5.56 Å². The van der Waals surface area contributed by atoms with E-state index in [2.05, 4.69) is 17.4 Å². The van der Waals surface area contributed by atoms with Crippen molar-refractivity contribution in [2.24, 2.45) is 0 Å². The summed E-state index contributed by atoms with van der Waals surface area (Å²) in [6.07, 6.45) is 5.84. The molecule has 3 rings (SSSR count). The molecule has 8 heteroatoms. The van der Waals surface area contributed by atoms with Crippen LogP contribution in [0.1, 0.15) is 61.9 Å². The van der Waals surface area contributed by atoms with Crippen molar-refractivity contribution >= 4 is 23.5 Å². The number of ether oxygens (including phenoxy) is 4. The average Bonchev–Trinajstić information content (AvgIpc) is 3.01. The fraction of sp³-hybridized carbons (Fsp3) is 0.324. The molecule has 1 amide bonds. The van der Waals surface area contributed by atoms with Crippen LogP contribution in [0.4, 0.5) is 5.69 Å². The molecule has 0 heterocycles. The SMILES string of the molecule is CCCCOC(=O)/C=C(/Oc1ccccc1NC(=O)c1ccc(OCCCc2ccccc2)cc1)C(=O)OCCCC. The van der Waals surface area contributed by atoms with Crippen molar-refractivity contribution in [1.29, 1.82) is 0 Å². The summed E-state index contributed by atoms with van der Waals surface area (Å²) in [7, 11) is 0. The maximum atomic E-state index is 13.0. The number of hydrogen-bond donors (Lipinski definition) is 1. The molecule has 8 nitrogen and oxygen atoms in total. The van der Waals surface area contributed by atoms with Gasteiger partial charge in [-0.05, 0) is 67.6 Å². The van der Waals surface area contributed by atoms with Crippen molar-refractivity contribution in [3.8, 4) is 11.5 Å². The Kier molecular flexibility index (Phi) is 13.7. The third-order valence-electron chi connectivity index (χ3n) is 6.12. The van der Waals surface area contributed by atoms with Gasteiger partial charge in [-0.15, -0.1) is 0 Å². The smallest absolute Gasteiger partial charge is 0.374 e. The Morgan fingerprint density at radius 3 is 2.12 bits per heavy atom. The van der Waals surface area contributed by atoms with Crippen molar-refractivity contribution in [2.75, 3.05) is 25.1 Å². The van der Waals surface area contributed by atoms with Crippen LogP contribution in [-0.2, 0) is 25.5 Å². The number of nitrogens with one attached hydrogen (secondary N) is 1. The van der Waals surface area contributed by atoms with E-state index in [9.17, 15) is 14.4 Å². The Bertz CT molecular complexity index is 1300. The number of rotatable bonds is 17. The van der Waals surface area contributed by atoms with Crippen molar-refractivity contribution in [3.63, 3.8) is 0 Å². The third kappa shape index (κ3) is 11.1. The number of carbonyl (C=O) groups excluding carboxylic acids is 3. The maximum absolute atomic E-state index is 13.0. The van der Waals surface area contributed by atoms with Gasteiger partial charge in [-0.2, -0.15) is 0 Å².